The molecule has 3 aromatic heterocycles. The van der Waals surface area contributed by atoms with Crippen LogP contribution in [0.1, 0.15) is 22.3 Å². The van der Waals surface area contributed by atoms with Crippen molar-refractivity contribution >= 4 is 16.3 Å². The van der Waals surface area contributed by atoms with Crippen LogP contribution in [-0.2, 0) is 5.41 Å². The van der Waals surface area contributed by atoms with Crippen molar-refractivity contribution in [3.05, 3.63) is 277 Å². The van der Waals surface area contributed by atoms with E-state index in [0.717, 1.165) is 78.0 Å². The van der Waals surface area contributed by atoms with Gasteiger partial charge in [-0.25, -0.2) is 14.5 Å². The maximum atomic E-state index is 5.54. The van der Waals surface area contributed by atoms with Gasteiger partial charge in [-0.3, -0.25) is 0 Å². The van der Waals surface area contributed by atoms with Gasteiger partial charge in [0.05, 0.1) is 28.0 Å². The molecule has 0 fully saturated rings. The number of benzene rings is 9. The lowest BCUT2D eigenvalue weighted by Crippen LogP contribution is -2.28. The molecule has 13 rings (SSSR count). The highest BCUT2D eigenvalue weighted by Crippen LogP contribution is 2.56. The SMILES string of the molecule is c1ccc(-c2cc(-c3ccc4c(c3)C(c3ccccc3)(c3ccccc3)c3ccccc3-4)nc(-c3cccc(-c4nn5c(-c6ccccc6)cc6ccccc6c5c4-c4ccccc4)c3)n2)cc1. The lowest BCUT2D eigenvalue weighted by atomic mass is 9.67. The van der Waals surface area contributed by atoms with Crippen LogP contribution in [0.2, 0.25) is 0 Å². The van der Waals surface area contributed by atoms with Crippen molar-refractivity contribution in [2.45, 2.75) is 5.41 Å². The molecule has 318 valence electrons. The molecule has 0 radical (unpaired) electrons. The topological polar surface area (TPSA) is 43.1 Å². The predicted octanol–water partition coefficient (Wildman–Crippen LogP) is 15.6. The summed E-state index contributed by atoms with van der Waals surface area (Å²) in [5.74, 6) is 0.643. The van der Waals surface area contributed by atoms with Crippen LogP contribution in [0.5, 0.6) is 0 Å². The van der Waals surface area contributed by atoms with Crippen molar-refractivity contribution in [1.82, 2.24) is 19.6 Å². The third-order valence-electron chi connectivity index (χ3n) is 13.7. The van der Waals surface area contributed by atoms with Gasteiger partial charge in [0.2, 0.25) is 0 Å². The summed E-state index contributed by atoms with van der Waals surface area (Å²) in [5, 5.41) is 7.85. The van der Waals surface area contributed by atoms with Crippen LogP contribution in [0.25, 0.3) is 95.0 Å². The third kappa shape index (κ3) is 6.34. The van der Waals surface area contributed by atoms with Crippen LogP contribution in [0.4, 0.5) is 0 Å². The predicted molar refractivity (Wildman–Crippen MR) is 278 cm³/mol. The summed E-state index contributed by atoms with van der Waals surface area (Å²) in [4.78, 5) is 10.8. The zero-order valence-electron chi connectivity index (χ0n) is 37.0. The quantitative estimate of drug-likeness (QED) is 0.153. The molecule has 3 heterocycles. The second kappa shape index (κ2) is 16.2. The molecule has 1 aliphatic carbocycles. The first-order valence-corrected chi connectivity index (χ1v) is 23.2. The number of aromatic nitrogens is 4. The Balaban J connectivity index is 1.02. The average molecular weight is 867 g/mol. The van der Waals surface area contributed by atoms with Gasteiger partial charge in [-0.05, 0) is 68.6 Å². The van der Waals surface area contributed by atoms with E-state index in [2.05, 4.69) is 253 Å². The molecule has 0 bridgehead atoms. The maximum absolute atomic E-state index is 5.54. The molecule has 0 N–H and O–H groups in total. The van der Waals surface area contributed by atoms with Crippen LogP contribution in [-0.4, -0.2) is 19.6 Å². The molecule has 0 saturated heterocycles. The van der Waals surface area contributed by atoms with Crippen LogP contribution in [0.3, 0.4) is 0 Å². The van der Waals surface area contributed by atoms with Crippen molar-refractivity contribution in [2.24, 2.45) is 0 Å². The smallest absolute Gasteiger partial charge is 0.160 e. The highest BCUT2D eigenvalue weighted by atomic mass is 15.2. The van der Waals surface area contributed by atoms with Crippen molar-refractivity contribution in [3.8, 4) is 78.7 Å². The van der Waals surface area contributed by atoms with E-state index in [4.69, 9.17) is 15.1 Å². The highest BCUT2D eigenvalue weighted by Gasteiger charge is 2.46. The van der Waals surface area contributed by atoms with E-state index in [1.165, 1.54) is 33.4 Å². The largest absolute Gasteiger partial charge is 0.231 e. The second-order valence-electron chi connectivity index (χ2n) is 17.5. The molecule has 0 saturated carbocycles. The Morgan fingerprint density at radius 3 is 1.60 bits per heavy atom. The van der Waals surface area contributed by atoms with E-state index >= 15 is 0 Å². The van der Waals surface area contributed by atoms with Gasteiger partial charge < -0.3 is 0 Å². The Labute approximate surface area is 395 Å². The molecule has 12 aromatic rings. The van der Waals surface area contributed by atoms with E-state index < -0.39 is 5.41 Å². The molecule has 0 amide bonds. The lowest BCUT2D eigenvalue weighted by Gasteiger charge is -2.34. The maximum Gasteiger partial charge on any atom is 0.160 e. The molecular weight excluding hydrogens is 825 g/mol. The number of fused-ring (bicyclic) bond motifs is 6. The summed E-state index contributed by atoms with van der Waals surface area (Å²) >= 11 is 0. The van der Waals surface area contributed by atoms with Gasteiger partial charge >= 0.3 is 0 Å². The summed E-state index contributed by atoms with van der Waals surface area (Å²) < 4.78 is 2.14. The van der Waals surface area contributed by atoms with Gasteiger partial charge in [-0.2, -0.15) is 5.10 Å². The van der Waals surface area contributed by atoms with E-state index in [-0.39, 0.29) is 0 Å². The Morgan fingerprint density at radius 1 is 0.353 bits per heavy atom. The first kappa shape index (κ1) is 39.4. The summed E-state index contributed by atoms with van der Waals surface area (Å²) in [6.07, 6.45) is 0. The molecule has 9 aromatic carbocycles. The third-order valence-corrected chi connectivity index (χ3v) is 13.7. The van der Waals surface area contributed by atoms with E-state index in [1.54, 1.807) is 0 Å². The van der Waals surface area contributed by atoms with Gasteiger partial charge in [-0.15, -0.1) is 0 Å². The molecule has 1 aliphatic rings. The van der Waals surface area contributed by atoms with E-state index in [9.17, 15) is 0 Å². The van der Waals surface area contributed by atoms with Crippen LogP contribution >= 0.6 is 0 Å². The Kier molecular flexibility index (Phi) is 9.36. The minimum Gasteiger partial charge on any atom is -0.231 e. The van der Waals surface area contributed by atoms with E-state index in [1.807, 2.05) is 6.07 Å². The number of hydrogen-bond acceptors (Lipinski definition) is 3. The summed E-state index contributed by atoms with van der Waals surface area (Å²) in [7, 11) is 0. The fourth-order valence-electron chi connectivity index (χ4n) is 10.7. The van der Waals surface area contributed by atoms with Gasteiger partial charge in [0, 0.05) is 38.8 Å². The fraction of sp³-hybridized carbons (Fsp3) is 0.0156. The molecule has 0 aliphatic heterocycles. The molecule has 4 nitrogen and oxygen atoms in total. The number of rotatable bonds is 8. The van der Waals surface area contributed by atoms with Gasteiger partial charge in [0.15, 0.2) is 5.82 Å². The lowest BCUT2D eigenvalue weighted by molar-refractivity contribution is 0.768. The Morgan fingerprint density at radius 2 is 0.897 bits per heavy atom. The summed E-state index contributed by atoms with van der Waals surface area (Å²) in [6.45, 7) is 0. The number of nitrogens with zero attached hydrogens (tertiary/aromatic N) is 4. The minimum atomic E-state index is -0.535. The highest BCUT2D eigenvalue weighted by molar-refractivity contribution is 6.08. The summed E-state index contributed by atoms with van der Waals surface area (Å²) in [6, 6.07) is 91.0. The van der Waals surface area contributed by atoms with E-state index in [0.29, 0.717) is 5.82 Å². The normalized spacial score (nSPS) is 12.5. The van der Waals surface area contributed by atoms with Crippen LogP contribution in [0, 0.1) is 0 Å². The fourth-order valence-corrected chi connectivity index (χ4v) is 10.7. The van der Waals surface area contributed by atoms with Gasteiger partial charge in [0.1, 0.15) is 5.69 Å². The van der Waals surface area contributed by atoms with Crippen molar-refractivity contribution in [2.75, 3.05) is 0 Å². The number of pyridine rings is 1. The zero-order valence-corrected chi connectivity index (χ0v) is 37.0. The zero-order chi connectivity index (χ0) is 45.0. The summed E-state index contributed by atoms with van der Waals surface area (Å²) in [5.41, 5.74) is 18.8. The van der Waals surface area contributed by atoms with Crippen molar-refractivity contribution in [3.63, 3.8) is 0 Å². The molecule has 0 atom stereocenters. The Bertz CT molecular complexity index is 3790. The molecule has 0 unspecified atom stereocenters. The molecular formula is C64H42N4. The van der Waals surface area contributed by atoms with Crippen LogP contribution in [0.15, 0.2) is 255 Å². The Hall–Kier alpha value is -8.99. The van der Waals surface area contributed by atoms with Gasteiger partial charge in [-0.1, -0.05) is 231 Å². The van der Waals surface area contributed by atoms with Crippen LogP contribution < -0.4 is 0 Å². The standard InChI is InChI=1S/C64H42N4/c1-6-21-43(22-7-1)57-42-58(47-37-38-54-53-35-18-19-36-55(53)64(56(54)40-47,50-30-12-4-13-31-50)51-32-14-5-15-33-51)66-63(65-57)49-29-20-28-48(39-49)61-60(45-25-10-3-11-26-45)62-52-34-17-16-27-46(52)41-59(68(62)67-61)44-23-8-2-9-24-44/h1-42H. The van der Waals surface area contributed by atoms with Crippen molar-refractivity contribution < 1.29 is 0 Å². The minimum absolute atomic E-state index is 0.535. The first-order valence-electron chi connectivity index (χ1n) is 23.2. The average Bonchev–Trinajstić information content (AvgIpc) is 3.97. The van der Waals surface area contributed by atoms with Crippen molar-refractivity contribution in [1.29, 1.82) is 0 Å². The molecule has 68 heavy (non-hydrogen) atoms. The van der Waals surface area contributed by atoms with Gasteiger partial charge in [0.25, 0.3) is 0 Å². The molecule has 4 heteroatoms. The number of hydrogen-bond donors (Lipinski definition) is 0. The first-order chi connectivity index (χ1) is 33.7. The second-order valence-corrected chi connectivity index (χ2v) is 17.5. The molecule has 0 spiro atoms. The monoisotopic (exact) mass is 866 g/mol.